The molecule has 1 N–H and O–H groups in total. The molecule has 1 aliphatic carbocycles. The molecule has 21 heavy (non-hydrogen) atoms. The molecular weight excluding hydrogens is 258 g/mol. The van der Waals surface area contributed by atoms with Crippen LogP contribution in [0, 0.1) is 0 Å². The van der Waals surface area contributed by atoms with Crippen LogP contribution in [-0.2, 0) is 6.42 Å². The van der Waals surface area contributed by atoms with E-state index in [9.17, 15) is 0 Å². The fourth-order valence-electron chi connectivity index (χ4n) is 3.39. The highest BCUT2D eigenvalue weighted by Crippen LogP contribution is 2.48. The van der Waals surface area contributed by atoms with Crippen LogP contribution in [0.3, 0.4) is 0 Å². The summed E-state index contributed by atoms with van der Waals surface area (Å²) < 4.78 is 0. The molecule has 0 fully saturated rings. The van der Waals surface area contributed by atoms with Gasteiger partial charge in [-0.25, -0.2) is 0 Å². The molecule has 0 atom stereocenters. The van der Waals surface area contributed by atoms with Crippen molar-refractivity contribution in [3.63, 3.8) is 0 Å². The first-order chi connectivity index (χ1) is 10.3. The van der Waals surface area contributed by atoms with E-state index in [1.807, 2.05) is 0 Å². The molecule has 0 saturated carbocycles. The number of rotatable bonds is 2. The molecule has 2 aromatic carbocycles. The van der Waals surface area contributed by atoms with Crippen LogP contribution in [0.4, 0.5) is 11.4 Å². The zero-order valence-electron chi connectivity index (χ0n) is 12.5. The highest BCUT2D eigenvalue weighted by atomic mass is 15.1. The molecule has 0 bridgehead atoms. The normalized spacial score (nSPS) is 16.4. The third-order valence-electron chi connectivity index (χ3n) is 4.25. The number of azo groups is 1. The van der Waals surface area contributed by atoms with Crippen LogP contribution in [0.25, 0.3) is 16.3 Å². The van der Waals surface area contributed by atoms with Gasteiger partial charge in [-0.15, -0.1) is 0 Å². The summed E-state index contributed by atoms with van der Waals surface area (Å²) in [6.07, 6.45) is 4.62. The van der Waals surface area contributed by atoms with E-state index in [4.69, 9.17) is 0 Å². The fraction of sp³-hybridized carbons (Fsp3) is 0.333. The van der Waals surface area contributed by atoms with Crippen molar-refractivity contribution in [3.05, 3.63) is 41.5 Å². The van der Waals surface area contributed by atoms with E-state index >= 15 is 0 Å². The van der Waals surface area contributed by atoms with E-state index in [-0.39, 0.29) is 6.04 Å². The Morgan fingerprint density at radius 3 is 2.76 bits per heavy atom. The van der Waals surface area contributed by atoms with Gasteiger partial charge < -0.3 is 5.32 Å². The van der Waals surface area contributed by atoms with Crippen molar-refractivity contribution in [2.24, 2.45) is 10.2 Å². The molecule has 2 aliphatic rings. The second-order valence-electron chi connectivity index (χ2n) is 6.05. The van der Waals surface area contributed by atoms with Crippen LogP contribution in [0.1, 0.15) is 31.4 Å². The van der Waals surface area contributed by atoms with Gasteiger partial charge in [-0.2, -0.15) is 10.2 Å². The Labute approximate surface area is 124 Å². The maximum absolute atomic E-state index is 4.57. The molecule has 0 radical (unpaired) electrons. The van der Waals surface area contributed by atoms with E-state index in [0.717, 1.165) is 25.1 Å². The largest absolute Gasteiger partial charge is 0.379 e. The Kier molecular flexibility index (Phi) is 2.81. The van der Waals surface area contributed by atoms with Crippen LogP contribution < -0.4 is 5.32 Å². The quantitative estimate of drug-likeness (QED) is 0.763. The van der Waals surface area contributed by atoms with E-state index in [1.54, 1.807) is 0 Å². The van der Waals surface area contributed by atoms with Crippen molar-refractivity contribution in [1.82, 2.24) is 0 Å². The number of aryl methyl sites for hydroxylation is 1. The number of hydrogen-bond acceptors (Lipinski definition) is 3. The lowest BCUT2D eigenvalue weighted by atomic mass is 9.87. The number of hydrogen-bond donors (Lipinski definition) is 1. The van der Waals surface area contributed by atoms with E-state index in [2.05, 4.69) is 59.7 Å². The molecule has 0 unspecified atom stereocenters. The van der Waals surface area contributed by atoms with Crippen LogP contribution in [0.5, 0.6) is 0 Å². The van der Waals surface area contributed by atoms with Crippen LogP contribution in [0.15, 0.2) is 40.6 Å². The molecule has 3 heteroatoms. The van der Waals surface area contributed by atoms with Crippen molar-refractivity contribution in [2.75, 3.05) is 11.9 Å². The number of fused-ring (bicyclic) bond motifs is 2. The highest BCUT2D eigenvalue weighted by molar-refractivity contribution is 6.08. The summed E-state index contributed by atoms with van der Waals surface area (Å²) in [6.45, 7) is 5.03. The number of anilines is 1. The van der Waals surface area contributed by atoms with Crippen LogP contribution in [-0.4, -0.2) is 12.6 Å². The summed E-state index contributed by atoms with van der Waals surface area (Å²) in [5.41, 5.74) is 6.48. The zero-order chi connectivity index (χ0) is 14.4. The topological polar surface area (TPSA) is 36.8 Å². The summed E-state index contributed by atoms with van der Waals surface area (Å²) >= 11 is 0. The van der Waals surface area contributed by atoms with E-state index in [0.29, 0.717) is 0 Å². The first-order valence-electron chi connectivity index (χ1n) is 7.67. The third-order valence-corrected chi connectivity index (χ3v) is 4.25. The van der Waals surface area contributed by atoms with Gasteiger partial charge in [-0.1, -0.05) is 30.3 Å². The Morgan fingerprint density at radius 1 is 1.14 bits per heavy atom. The molecule has 0 aromatic heterocycles. The monoisotopic (exact) mass is 277 g/mol. The smallest absolute Gasteiger partial charge is 0.117 e. The maximum atomic E-state index is 4.57. The lowest BCUT2D eigenvalue weighted by Crippen LogP contribution is -1.99. The van der Waals surface area contributed by atoms with Gasteiger partial charge in [-0.3, -0.25) is 0 Å². The van der Waals surface area contributed by atoms with Crippen molar-refractivity contribution in [1.29, 1.82) is 0 Å². The van der Waals surface area contributed by atoms with Gasteiger partial charge in [0.1, 0.15) is 5.69 Å². The molecule has 0 amide bonds. The van der Waals surface area contributed by atoms with E-state index in [1.165, 1.54) is 33.2 Å². The molecule has 0 spiro atoms. The van der Waals surface area contributed by atoms with Crippen molar-refractivity contribution in [3.8, 4) is 0 Å². The minimum absolute atomic E-state index is 0.211. The third kappa shape index (κ3) is 1.88. The molecule has 3 nitrogen and oxygen atoms in total. The first kappa shape index (κ1) is 12.6. The summed E-state index contributed by atoms with van der Waals surface area (Å²) in [5.74, 6) is 0. The molecular formula is C18H19N3. The van der Waals surface area contributed by atoms with E-state index < -0.39 is 0 Å². The van der Waals surface area contributed by atoms with Gasteiger partial charge in [0.25, 0.3) is 0 Å². The standard InChI is InChI=1S/C18H19N3/c1-11(2)20-21-17-15-8-4-3-7-13(15)14-9-5-6-12-10-19-18(17)16(12)14/h3-4,6-8,11,19H,5,9-10H2,1-2H3. The Hall–Kier alpha value is -2.16. The van der Waals surface area contributed by atoms with Gasteiger partial charge in [0, 0.05) is 17.5 Å². The average molecular weight is 277 g/mol. The Balaban J connectivity index is 2.08. The maximum Gasteiger partial charge on any atom is 0.117 e. The minimum atomic E-state index is 0.211. The summed E-state index contributed by atoms with van der Waals surface area (Å²) in [7, 11) is 0. The fourth-order valence-corrected chi connectivity index (χ4v) is 3.39. The molecule has 1 heterocycles. The summed E-state index contributed by atoms with van der Waals surface area (Å²) in [6, 6.07) is 8.81. The van der Waals surface area contributed by atoms with Crippen molar-refractivity contribution in [2.45, 2.75) is 32.7 Å². The Morgan fingerprint density at radius 2 is 1.95 bits per heavy atom. The van der Waals surface area contributed by atoms with Gasteiger partial charge >= 0.3 is 0 Å². The van der Waals surface area contributed by atoms with Crippen LogP contribution >= 0.6 is 0 Å². The Bertz CT molecular complexity index is 785. The first-order valence-corrected chi connectivity index (χ1v) is 7.67. The predicted octanol–water partition coefficient (Wildman–Crippen LogP) is 5.09. The molecule has 1 aliphatic heterocycles. The second-order valence-corrected chi connectivity index (χ2v) is 6.05. The molecule has 0 saturated heterocycles. The molecule has 106 valence electrons. The zero-order valence-corrected chi connectivity index (χ0v) is 12.5. The van der Waals surface area contributed by atoms with Gasteiger partial charge in [0.15, 0.2) is 0 Å². The summed E-state index contributed by atoms with van der Waals surface area (Å²) in [5, 5.41) is 15.1. The van der Waals surface area contributed by atoms with Gasteiger partial charge in [-0.05, 0) is 43.2 Å². The second kappa shape index (κ2) is 4.69. The van der Waals surface area contributed by atoms with Crippen molar-refractivity contribution < 1.29 is 0 Å². The SMILES string of the molecule is CC(C)N=Nc1c2c3c(c4ccccc14)CCC=C3CN2. The average Bonchev–Trinajstić information content (AvgIpc) is 2.92. The number of nitrogens with zero attached hydrogens (tertiary/aromatic N) is 2. The van der Waals surface area contributed by atoms with Gasteiger partial charge in [0.05, 0.1) is 11.7 Å². The lowest BCUT2D eigenvalue weighted by molar-refractivity contribution is 0.780. The lowest BCUT2D eigenvalue weighted by Gasteiger charge is -2.18. The number of benzene rings is 2. The summed E-state index contributed by atoms with van der Waals surface area (Å²) in [4.78, 5) is 0. The van der Waals surface area contributed by atoms with Gasteiger partial charge in [0.2, 0.25) is 0 Å². The number of allylic oxidation sites excluding steroid dienone is 1. The van der Waals surface area contributed by atoms with Crippen molar-refractivity contribution >= 4 is 27.7 Å². The molecule has 2 aromatic rings. The highest BCUT2D eigenvalue weighted by Gasteiger charge is 2.27. The molecule has 4 rings (SSSR count). The minimum Gasteiger partial charge on any atom is -0.379 e. The number of nitrogens with one attached hydrogen (secondary N) is 1. The van der Waals surface area contributed by atoms with Crippen LogP contribution in [0.2, 0.25) is 0 Å². The predicted molar refractivity (Wildman–Crippen MR) is 88.4 cm³/mol.